The topological polar surface area (TPSA) is 59.0 Å². The Bertz CT molecular complexity index is 458. The summed E-state index contributed by atoms with van der Waals surface area (Å²) in [5.74, 6) is 0.273. The van der Waals surface area contributed by atoms with E-state index in [4.69, 9.17) is 4.74 Å². The zero-order valence-electron chi connectivity index (χ0n) is 13.6. The minimum atomic E-state index is -0.501. The molecule has 0 radical (unpaired) electrons. The van der Waals surface area contributed by atoms with Crippen LogP contribution in [0.5, 0.6) is 5.75 Å². The number of likely N-dealkylation sites (tertiary alicyclic amines) is 1. The summed E-state index contributed by atoms with van der Waals surface area (Å²) >= 11 is 0. The van der Waals surface area contributed by atoms with Crippen LogP contribution in [0.15, 0.2) is 24.3 Å². The average molecular weight is 344 g/mol. The van der Waals surface area contributed by atoms with E-state index < -0.39 is 6.10 Å². The predicted molar refractivity (Wildman–Crippen MR) is 91.4 cm³/mol. The Morgan fingerprint density at radius 1 is 1.17 bits per heavy atom. The van der Waals surface area contributed by atoms with Crippen molar-refractivity contribution >= 4 is 18.4 Å². The van der Waals surface area contributed by atoms with Crippen LogP contribution in [0.4, 0.5) is 0 Å². The van der Waals surface area contributed by atoms with E-state index >= 15 is 0 Å². The lowest BCUT2D eigenvalue weighted by Gasteiger charge is -2.23. The van der Waals surface area contributed by atoms with E-state index in [0.29, 0.717) is 17.9 Å². The van der Waals surface area contributed by atoms with Gasteiger partial charge in [-0.15, -0.1) is 12.4 Å². The molecule has 1 aromatic rings. The molecule has 130 valence electrons. The summed E-state index contributed by atoms with van der Waals surface area (Å²) in [5, 5.41) is 10.1. The lowest BCUT2D eigenvalue weighted by molar-refractivity contribution is 0.0599. The number of carbonyl (C=O) groups excluding carboxylic acids is 1. The fourth-order valence-electron chi connectivity index (χ4n) is 2.67. The normalized spacial score (nSPS) is 16.8. The first-order valence-corrected chi connectivity index (χ1v) is 7.90. The van der Waals surface area contributed by atoms with Crippen molar-refractivity contribution < 1.29 is 19.4 Å². The lowest BCUT2D eigenvalue weighted by Crippen LogP contribution is -2.36. The van der Waals surface area contributed by atoms with Crippen molar-refractivity contribution in [2.24, 2.45) is 0 Å². The van der Waals surface area contributed by atoms with Crippen LogP contribution in [0.3, 0.4) is 0 Å². The minimum absolute atomic E-state index is 0. The molecule has 0 aromatic heterocycles. The molecule has 1 fully saturated rings. The van der Waals surface area contributed by atoms with Crippen molar-refractivity contribution in [2.75, 3.05) is 33.4 Å². The number of methoxy groups -OCH3 is 1. The maximum absolute atomic E-state index is 11.3. The molecule has 0 saturated carbocycles. The molecule has 1 aliphatic heterocycles. The number of benzene rings is 1. The first kappa shape index (κ1) is 19.7. The highest BCUT2D eigenvalue weighted by Crippen LogP contribution is 2.14. The van der Waals surface area contributed by atoms with Gasteiger partial charge in [0.15, 0.2) is 0 Å². The zero-order valence-corrected chi connectivity index (χ0v) is 14.4. The van der Waals surface area contributed by atoms with Gasteiger partial charge in [-0.25, -0.2) is 4.79 Å². The molecule has 0 amide bonds. The second-order valence-corrected chi connectivity index (χ2v) is 5.70. The van der Waals surface area contributed by atoms with E-state index in [1.807, 2.05) is 0 Å². The van der Waals surface area contributed by atoms with Crippen molar-refractivity contribution in [1.29, 1.82) is 0 Å². The van der Waals surface area contributed by atoms with Crippen LogP contribution in [-0.2, 0) is 4.74 Å². The Hall–Kier alpha value is -1.30. The quantitative estimate of drug-likeness (QED) is 0.804. The molecule has 1 heterocycles. The number of hydrogen-bond acceptors (Lipinski definition) is 5. The third-order valence-corrected chi connectivity index (χ3v) is 3.89. The van der Waals surface area contributed by atoms with Gasteiger partial charge < -0.3 is 19.5 Å². The van der Waals surface area contributed by atoms with Crippen molar-refractivity contribution in [1.82, 2.24) is 4.90 Å². The number of hydrogen-bond donors (Lipinski definition) is 1. The molecule has 1 atom stereocenters. The summed E-state index contributed by atoms with van der Waals surface area (Å²) in [6, 6.07) is 6.74. The number of carbonyl (C=O) groups is 1. The summed E-state index contributed by atoms with van der Waals surface area (Å²) in [7, 11) is 1.35. The molecule has 0 aliphatic carbocycles. The molecular formula is C17H26ClNO4. The van der Waals surface area contributed by atoms with Crippen LogP contribution in [-0.4, -0.2) is 55.4 Å². The van der Waals surface area contributed by atoms with E-state index in [1.54, 1.807) is 24.3 Å². The monoisotopic (exact) mass is 343 g/mol. The van der Waals surface area contributed by atoms with E-state index in [0.717, 1.165) is 13.1 Å². The number of halogens is 1. The average Bonchev–Trinajstić information content (AvgIpc) is 2.81. The molecule has 2 rings (SSSR count). The number of aliphatic hydroxyl groups excluding tert-OH is 1. The maximum atomic E-state index is 11.3. The molecule has 5 nitrogen and oxygen atoms in total. The van der Waals surface area contributed by atoms with Gasteiger partial charge >= 0.3 is 5.97 Å². The van der Waals surface area contributed by atoms with Gasteiger partial charge in [-0.3, -0.25) is 0 Å². The van der Waals surface area contributed by atoms with E-state index in [9.17, 15) is 9.90 Å². The van der Waals surface area contributed by atoms with Gasteiger partial charge in [0.1, 0.15) is 18.5 Å². The minimum Gasteiger partial charge on any atom is -0.491 e. The number of esters is 1. The van der Waals surface area contributed by atoms with Crippen LogP contribution in [0.25, 0.3) is 0 Å². The largest absolute Gasteiger partial charge is 0.491 e. The Labute approximate surface area is 144 Å². The predicted octanol–water partition coefficient (Wildman–Crippen LogP) is 2.51. The Morgan fingerprint density at radius 2 is 1.78 bits per heavy atom. The lowest BCUT2D eigenvalue weighted by atomic mass is 10.2. The first-order chi connectivity index (χ1) is 10.7. The molecule has 1 N–H and O–H groups in total. The number of ether oxygens (including phenoxy) is 2. The third-order valence-electron chi connectivity index (χ3n) is 3.89. The van der Waals surface area contributed by atoms with Crippen LogP contribution < -0.4 is 4.74 Å². The van der Waals surface area contributed by atoms with Crippen molar-refractivity contribution in [3.8, 4) is 5.75 Å². The highest BCUT2D eigenvalue weighted by molar-refractivity contribution is 5.89. The second-order valence-electron chi connectivity index (χ2n) is 5.70. The molecule has 0 bridgehead atoms. The van der Waals surface area contributed by atoms with E-state index in [-0.39, 0.29) is 25.0 Å². The molecule has 0 spiro atoms. The van der Waals surface area contributed by atoms with Crippen molar-refractivity contribution in [3.05, 3.63) is 29.8 Å². The fourth-order valence-corrected chi connectivity index (χ4v) is 2.67. The van der Waals surface area contributed by atoms with Crippen LogP contribution in [0, 0.1) is 0 Å². The van der Waals surface area contributed by atoms with Gasteiger partial charge in [0.05, 0.1) is 12.7 Å². The van der Waals surface area contributed by atoms with E-state index in [2.05, 4.69) is 9.64 Å². The van der Waals surface area contributed by atoms with Crippen LogP contribution in [0.2, 0.25) is 0 Å². The number of aliphatic hydroxyl groups is 1. The standard InChI is InChI=1S/C17H25NO4.ClH/c1-21-17(20)14-6-8-16(9-7-14)22-13-15(19)12-18-10-4-2-3-5-11-18;/h6-9,15,19H,2-5,10-13H2,1H3;1H. The summed E-state index contributed by atoms with van der Waals surface area (Å²) in [4.78, 5) is 13.6. The number of rotatable bonds is 6. The van der Waals surface area contributed by atoms with Crippen LogP contribution in [0.1, 0.15) is 36.0 Å². The molecule has 1 unspecified atom stereocenters. The van der Waals surface area contributed by atoms with E-state index in [1.165, 1.54) is 32.8 Å². The van der Waals surface area contributed by atoms with Crippen molar-refractivity contribution in [2.45, 2.75) is 31.8 Å². The van der Waals surface area contributed by atoms with Gasteiger partial charge in [0.2, 0.25) is 0 Å². The smallest absolute Gasteiger partial charge is 0.337 e. The Kier molecular flexibility index (Phi) is 8.99. The molecule has 1 aromatic carbocycles. The Balaban J connectivity index is 0.00000264. The second kappa shape index (κ2) is 10.5. The highest BCUT2D eigenvalue weighted by atomic mass is 35.5. The molecular weight excluding hydrogens is 318 g/mol. The maximum Gasteiger partial charge on any atom is 0.337 e. The summed E-state index contributed by atoms with van der Waals surface area (Å²) in [6.07, 6.45) is 4.49. The summed E-state index contributed by atoms with van der Waals surface area (Å²) in [5.41, 5.74) is 0.486. The number of nitrogens with zero attached hydrogens (tertiary/aromatic N) is 1. The van der Waals surface area contributed by atoms with Gasteiger partial charge in [-0.2, -0.15) is 0 Å². The van der Waals surface area contributed by atoms with Gasteiger partial charge in [0.25, 0.3) is 0 Å². The third kappa shape index (κ3) is 6.77. The molecule has 1 saturated heterocycles. The Morgan fingerprint density at radius 3 is 2.35 bits per heavy atom. The zero-order chi connectivity index (χ0) is 15.8. The molecule has 23 heavy (non-hydrogen) atoms. The molecule has 6 heteroatoms. The molecule has 1 aliphatic rings. The van der Waals surface area contributed by atoms with Crippen LogP contribution >= 0.6 is 12.4 Å². The van der Waals surface area contributed by atoms with Gasteiger partial charge in [-0.1, -0.05) is 12.8 Å². The summed E-state index contributed by atoms with van der Waals surface area (Å²) < 4.78 is 10.2. The van der Waals surface area contributed by atoms with Gasteiger partial charge in [-0.05, 0) is 50.2 Å². The summed E-state index contributed by atoms with van der Waals surface area (Å²) in [6.45, 7) is 3.03. The highest BCUT2D eigenvalue weighted by Gasteiger charge is 2.14. The number of β-amino-alcohol motifs (C(OH)–C–C–N with tert-alkyl or cyclic N) is 1. The van der Waals surface area contributed by atoms with Crippen molar-refractivity contribution in [3.63, 3.8) is 0 Å². The fraction of sp³-hybridized carbons (Fsp3) is 0.588. The first-order valence-electron chi connectivity index (χ1n) is 7.90. The SMILES string of the molecule is COC(=O)c1ccc(OCC(O)CN2CCCCCC2)cc1.Cl. The van der Waals surface area contributed by atoms with Gasteiger partial charge in [0, 0.05) is 6.54 Å².